The number of nitrogen functional groups attached to an aromatic ring is 1. The summed E-state index contributed by atoms with van der Waals surface area (Å²) >= 11 is 0. The molecule has 100 valence electrons. The Bertz CT molecular complexity index is 355. The Morgan fingerprint density at radius 1 is 1.39 bits per heavy atom. The maximum absolute atomic E-state index is 11.6. The molecule has 1 aromatic rings. The number of hydrazine groups is 1. The van der Waals surface area contributed by atoms with E-state index in [0.717, 1.165) is 19.4 Å². The van der Waals surface area contributed by atoms with E-state index in [4.69, 9.17) is 10.6 Å². The summed E-state index contributed by atoms with van der Waals surface area (Å²) in [6, 6.07) is 3.13. The number of carbonyl (C=O) groups is 1. The third-order valence-corrected chi connectivity index (χ3v) is 2.22. The van der Waals surface area contributed by atoms with Gasteiger partial charge >= 0.3 is 0 Å². The van der Waals surface area contributed by atoms with Gasteiger partial charge in [0.2, 0.25) is 0 Å². The van der Waals surface area contributed by atoms with Gasteiger partial charge < -0.3 is 15.5 Å². The minimum atomic E-state index is -0.273. The molecule has 1 rings (SSSR count). The molecule has 0 radical (unpaired) electrons. The van der Waals surface area contributed by atoms with Crippen LogP contribution in [0.15, 0.2) is 12.1 Å². The highest BCUT2D eigenvalue weighted by atomic mass is 16.5. The molecule has 0 aromatic carbocycles. The first-order valence-electron chi connectivity index (χ1n) is 5.94. The number of rotatable bonds is 8. The van der Waals surface area contributed by atoms with E-state index in [-0.39, 0.29) is 11.6 Å². The summed E-state index contributed by atoms with van der Waals surface area (Å²) in [6.45, 7) is 3.79. The average molecular weight is 253 g/mol. The number of hydrogen-bond donors (Lipinski definition) is 3. The largest absolute Gasteiger partial charge is 0.380 e. The van der Waals surface area contributed by atoms with Crippen LogP contribution in [-0.2, 0) is 4.74 Å². The van der Waals surface area contributed by atoms with Gasteiger partial charge in [-0.15, -0.1) is 10.2 Å². The summed E-state index contributed by atoms with van der Waals surface area (Å²) in [6.07, 6.45) is 2.14. The van der Waals surface area contributed by atoms with Crippen LogP contribution >= 0.6 is 0 Å². The van der Waals surface area contributed by atoms with Crippen LogP contribution in [0, 0.1) is 0 Å². The predicted octanol–water partition coefficient (Wildman–Crippen LogP) is 0.309. The van der Waals surface area contributed by atoms with Crippen LogP contribution < -0.4 is 16.6 Å². The second-order valence-corrected chi connectivity index (χ2v) is 3.67. The highest BCUT2D eigenvalue weighted by Crippen LogP contribution is 1.99. The quantitative estimate of drug-likeness (QED) is 0.350. The van der Waals surface area contributed by atoms with Crippen molar-refractivity contribution in [2.24, 2.45) is 5.84 Å². The molecule has 0 aliphatic carbocycles. The number of amides is 1. The van der Waals surface area contributed by atoms with Crippen LogP contribution in [0.4, 0.5) is 5.82 Å². The number of nitrogens with two attached hydrogens (primary N) is 1. The summed E-state index contributed by atoms with van der Waals surface area (Å²) in [5, 5.41) is 10.1. The minimum absolute atomic E-state index is 0.252. The molecule has 4 N–H and O–H groups in total. The summed E-state index contributed by atoms with van der Waals surface area (Å²) in [4.78, 5) is 11.6. The lowest BCUT2D eigenvalue weighted by molar-refractivity contribution is 0.0907. The molecule has 0 atom stereocenters. The molecule has 0 fully saturated rings. The van der Waals surface area contributed by atoms with Gasteiger partial charge in [0.25, 0.3) is 5.91 Å². The zero-order valence-corrected chi connectivity index (χ0v) is 10.5. The highest BCUT2D eigenvalue weighted by Gasteiger charge is 2.06. The van der Waals surface area contributed by atoms with Crippen molar-refractivity contribution in [3.8, 4) is 0 Å². The second kappa shape index (κ2) is 8.37. The average Bonchev–Trinajstić information content (AvgIpc) is 2.42. The molecular weight excluding hydrogens is 234 g/mol. The molecule has 7 heteroatoms. The Morgan fingerprint density at radius 2 is 2.22 bits per heavy atom. The second-order valence-electron chi connectivity index (χ2n) is 3.67. The first-order chi connectivity index (χ1) is 8.77. The van der Waals surface area contributed by atoms with Crippen LogP contribution in [-0.4, -0.2) is 35.9 Å². The van der Waals surface area contributed by atoms with Crippen LogP contribution in [0.5, 0.6) is 0 Å². The fourth-order valence-electron chi connectivity index (χ4n) is 1.21. The van der Waals surface area contributed by atoms with Gasteiger partial charge in [0.05, 0.1) is 6.61 Å². The number of carbonyl (C=O) groups excluding carboxylic acids is 1. The van der Waals surface area contributed by atoms with E-state index in [9.17, 15) is 4.79 Å². The number of nitrogens with zero attached hydrogens (tertiary/aromatic N) is 2. The first-order valence-corrected chi connectivity index (χ1v) is 5.94. The molecule has 0 aliphatic heterocycles. The first kappa shape index (κ1) is 14.3. The van der Waals surface area contributed by atoms with Gasteiger partial charge in [-0.1, -0.05) is 13.3 Å². The van der Waals surface area contributed by atoms with Crippen LogP contribution in [0.1, 0.15) is 30.3 Å². The minimum Gasteiger partial charge on any atom is -0.380 e. The number of unbranched alkanes of at least 4 members (excludes halogenated alkanes) is 1. The standard InChI is InChI=1S/C11H19N5O2/c1-2-3-7-18-8-6-13-11(17)9-4-5-10(14-12)16-15-9/h4-5H,2-3,6-8,12H2,1H3,(H,13,17)(H,14,16). The predicted molar refractivity (Wildman–Crippen MR) is 67.9 cm³/mol. The topological polar surface area (TPSA) is 102 Å². The van der Waals surface area contributed by atoms with Crippen molar-refractivity contribution in [1.29, 1.82) is 0 Å². The van der Waals surface area contributed by atoms with Gasteiger partial charge in [0, 0.05) is 13.2 Å². The number of nitrogens with one attached hydrogen (secondary N) is 2. The van der Waals surface area contributed by atoms with Crippen molar-refractivity contribution in [2.45, 2.75) is 19.8 Å². The Morgan fingerprint density at radius 3 is 2.83 bits per heavy atom. The molecule has 18 heavy (non-hydrogen) atoms. The van der Waals surface area contributed by atoms with Crippen LogP contribution in [0.2, 0.25) is 0 Å². The van der Waals surface area contributed by atoms with Crippen LogP contribution in [0.3, 0.4) is 0 Å². The van der Waals surface area contributed by atoms with Crippen molar-refractivity contribution in [3.63, 3.8) is 0 Å². The lowest BCUT2D eigenvalue weighted by atomic mass is 10.3. The van der Waals surface area contributed by atoms with Crippen molar-refractivity contribution in [3.05, 3.63) is 17.8 Å². The summed E-state index contributed by atoms with van der Waals surface area (Å²) < 4.78 is 5.32. The van der Waals surface area contributed by atoms with E-state index in [1.807, 2.05) is 0 Å². The molecule has 0 unspecified atom stereocenters. The normalized spacial score (nSPS) is 10.1. The fraction of sp³-hybridized carbons (Fsp3) is 0.545. The number of hydrogen-bond acceptors (Lipinski definition) is 6. The number of ether oxygens (including phenoxy) is 1. The molecule has 1 heterocycles. The van der Waals surface area contributed by atoms with Crippen molar-refractivity contribution in [2.75, 3.05) is 25.2 Å². The maximum atomic E-state index is 11.6. The van der Waals surface area contributed by atoms with Gasteiger partial charge in [-0.05, 0) is 18.6 Å². The van der Waals surface area contributed by atoms with E-state index in [0.29, 0.717) is 19.0 Å². The van der Waals surface area contributed by atoms with E-state index >= 15 is 0 Å². The summed E-state index contributed by atoms with van der Waals surface area (Å²) in [5.41, 5.74) is 2.59. The number of anilines is 1. The fourth-order valence-corrected chi connectivity index (χ4v) is 1.21. The highest BCUT2D eigenvalue weighted by molar-refractivity contribution is 5.92. The van der Waals surface area contributed by atoms with E-state index in [2.05, 4.69) is 27.9 Å². The van der Waals surface area contributed by atoms with E-state index in [1.165, 1.54) is 0 Å². The third-order valence-electron chi connectivity index (χ3n) is 2.22. The zero-order chi connectivity index (χ0) is 13.2. The van der Waals surface area contributed by atoms with Crippen molar-refractivity contribution in [1.82, 2.24) is 15.5 Å². The molecule has 1 aromatic heterocycles. The van der Waals surface area contributed by atoms with Gasteiger partial charge in [-0.2, -0.15) is 0 Å². The van der Waals surface area contributed by atoms with Crippen molar-refractivity contribution >= 4 is 11.7 Å². The van der Waals surface area contributed by atoms with Gasteiger partial charge in [0.15, 0.2) is 11.5 Å². The Kier molecular flexibility index (Phi) is 6.67. The lowest BCUT2D eigenvalue weighted by Gasteiger charge is -2.05. The third kappa shape index (κ3) is 5.07. The molecule has 0 saturated heterocycles. The van der Waals surface area contributed by atoms with E-state index in [1.54, 1.807) is 12.1 Å². The van der Waals surface area contributed by atoms with Crippen molar-refractivity contribution < 1.29 is 9.53 Å². The zero-order valence-electron chi connectivity index (χ0n) is 10.5. The van der Waals surface area contributed by atoms with Gasteiger partial charge in [-0.3, -0.25) is 4.79 Å². The Balaban J connectivity index is 2.23. The molecule has 0 spiro atoms. The SMILES string of the molecule is CCCCOCCNC(=O)c1ccc(NN)nn1. The van der Waals surface area contributed by atoms with Crippen LogP contribution in [0.25, 0.3) is 0 Å². The summed E-state index contributed by atoms with van der Waals surface area (Å²) in [7, 11) is 0. The van der Waals surface area contributed by atoms with E-state index < -0.39 is 0 Å². The Hall–Kier alpha value is -1.73. The smallest absolute Gasteiger partial charge is 0.271 e. The maximum Gasteiger partial charge on any atom is 0.271 e. The molecule has 0 aliphatic rings. The lowest BCUT2D eigenvalue weighted by Crippen LogP contribution is -2.28. The molecule has 7 nitrogen and oxygen atoms in total. The molecule has 0 bridgehead atoms. The molecule has 0 saturated carbocycles. The van der Waals surface area contributed by atoms with Gasteiger partial charge in [-0.25, -0.2) is 5.84 Å². The Labute approximate surface area is 106 Å². The molecular formula is C11H19N5O2. The number of aromatic nitrogens is 2. The molecule has 1 amide bonds. The van der Waals surface area contributed by atoms with Gasteiger partial charge in [0.1, 0.15) is 0 Å². The monoisotopic (exact) mass is 253 g/mol. The summed E-state index contributed by atoms with van der Waals surface area (Å²) in [5.74, 6) is 5.28.